The summed E-state index contributed by atoms with van der Waals surface area (Å²) < 4.78 is 0. The number of likely N-dealkylation sites (tertiary alicyclic amines) is 2. The molecule has 2 aromatic heterocycles. The molecule has 8 rings (SSSR count). The minimum atomic E-state index is -0.639. The standard InChI is InChI=1S/C38H49N5O3S/c1-24-19-25(2)21-26(20-24)34-33(29(44)10-14-40-15-17-41(18-16-40)23-32(45)42-12-5-6-13-42)28-22-31(47-35(28)39-34)37(3,4)36(46)43-30-8-7-27-9-11-38(27,30)43/h19-22,27,30,39H,5-18,23H2,1-4H3. The summed E-state index contributed by atoms with van der Waals surface area (Å²) in [5.41, 5.74) is 4.55. The molecule has 1 spiro atoms. The average Bonchev–Trinajstić information content (AvgIpc) is 3.52. The fraction of sp³-hybridized carbons (Fsp3) is 0.605. The molecule has 3 aliphatic heterocycles. The SMILES string of the molecule is Cc1cc(C)cc(-c2[nH]c3sc(C(C)(C)C(=O)N4C5CCC6CCC654)cc3c2C(=O)CCN2CCN(CC(=O)N3CCCC3)CC2)c1. The number of nitrogens with one attached hydrogen (secondary N) is 1. The molecule has 3 unspecified atom stereocenters. The number of piperazine rings is 1. The van der Waals surface area contributed by atoms with Gasteiger partial charge in [0.2, 0.25) is 11.8 Å². The number of thiophene rings is 1. The number of rotatable bonds is 9. The van der Waals surface area contributed by atoms with Crippen LogP contribution in [0.15, 0.2) is 24.3 Å². The number of amides is 2. The Kier molecular flexibility index (Phi) is 7.69. The Morgan fingerprint density at radius 2 is 1.62 bits per heavy atom. The van der Waals surface area contributed by atoms with E-state index in [-0.39, 0.29) is 23.1 Å². The molecule has 5 aliphatic rings. The van der Waals surface area contributed by atoms with Gasteiger partial charge in [-0.25, -0.2) is 0 Å². The van der Waals surface area contributed by atoms with Gasteiger partial charge in [0.15, 0.2) is 5.78 Å². The summed E-state index contributed by atoms with van der Waals surface area (Å²) in [5.74, 6) is 1.35. The lowest BCUT2D eigenvalue weighted by atomic mass is 9.73. The maximum Gasteiger partial charge on any atom is 0.236 e. The molecule has 9 heteroatoms. The summed E-state index contributed by atoms with van der Waals surface area (Å²) in [6, 6.07) is 9.06. The number of Topliss-reactive ketones (excluding diaryl/α,β-unsaturated/α-hetero) is 1. The van der Waals surface area contributed by atoms with Crippen molar-refractivity contribution < 1.29 is 14.4 Å². The molecule has 250 valence electrons. The number of aromatic nitrogens is 1. The van der Waals surface area contributed by atoms with E-state index in [1.165, 1.54) is 30.4 Å². The lowest BCUT2D eigenvalue weighted by molar-refractivity contribution is -0.134. The van der Waals surface area contributed by atoms with Crippen LogP contribution >= 0.6 is 11.3 Å². The van der Waals surface area contributed by atoms with E-state index >= 15 is 0 Å². The molecule has 0 bridgehead atoms. The number of carbonyl (C=O) groups excluding carboxylic acids is 3. The van der Waals surface area contributed by atoms with Crippen LogP contribution in [0.1, 0.15) is 85.2 Å². The second-order valence-corrected chi connectivity index (χ2v) is 16.7. The van der Waals surface area contributed by atoms with Crippen LogP contribution in [0.3, 0.4) is 0 Å². The van der Waals surface area contributed by atoms with E-state index in [9.17, 15) is 14.4 Å². The van der Waals surface area contributed by atoms with Crippen LogP contribution in [-0.4, -0.2) is 106 Å². The first-order valence-corrected chi connectivity index (χ1v) is 18.7. The Bertz CT molecular complexity index is 1720. The van der Waals surface area contributed by atoms with Gasteiger partial charge in [0.25, 0.3) is 0 Å². The van der Waals surface area contributed by atoms with E-state index in [1.807, 2.05) is 4.90 Å². The van der Waals surface area contributed by atoms with E-state index in [4.69, 9.17) is 0 Å². The Morgan fingerprint density at radius 1 is 0.915 bits per heavy atom. The summed E-state index contributed by atoms with van der Waals surface area (Å²) in [7, 11) is 0. The molecule has 2 saturated carbocycles. The smallest absolute Gasteiger partial charge is 0.236 e. The van der Waals surface area contributed by atoms with Crippen molar-refractivity contribution in [3.8, 4) is 11.3 Å². The first-order chi connectivity index (χ1) is 22.6. The van der Waals surface area contributed by atoms with Gasteiger partial charge >= 0.3 is 0 Å². The van der Waals surface area contributed by atoms with E-state index in [1.54, 1.807) is 11.3 Å². The van der Waals surface area contributed by atoms with Crippen molar-refractivity contribution >= 4 is 39.2 Å². The molecule has 1 N–H and O–H groups in total. The first kappa shape index (κ1) is 31.3. The molecule has 3 aromatic rings. The van der Waals surface area contributed by atoms with Gasteiger partial charge in [-0.2, -0.15) is 0 Å². The van der Waals surface area contributed by atoms with Crippen LogP contribution in [0.4, 0.5) is 0 Å². The number of aryl methyl sites for hydroxylation is 2. The molecular weight excluding hydrogens is 607 g/mol. The summed E-state index contributed by atoms with van der Waals surface area (Å²) in [6.45, 7) is 14.8. The summed E-state index contributed by atoms with van der Waals surface area (Å²) in [5, 5.41) is 0.945. The van der Waals surface area contributed by atoms with Crippen molar-refractivity contribution in [2.75, 3.05) is 52.4 Å². The van der Waals surface area contributed by atoms with Crippen molar-refractivity contribution in [2.24, 2.45) is 5.92 Å². The average molecular weight is 656 g/mol. The Balaban J connectivity index is 1.01. The number of fused-ring (bicyclic) bond motifs is 1. The minimum absolute atomic E-state index is 0.141. The van der Waals surface area contributed by atoms with Gasteiger partial charge in [0, 0.05) is 62.5 Å². The molecule has 2 amide bonds. The number of aromatic amines is 1. The largest absolute Gasteiger partial charge is 0.346 e. The molecule has 2 aliphatic carbocycles. The third-order valence-electron chi connectivity index (χ3n) is 12.2. The third kappa shape index (κ3) is 5.19. The number of nitrogens with zero attached hydrogens (tertiary/aromatic N) is 4. The van der Waals surface area contributed by atoms with Crippen LogP contribution < -0.4 is 0 Å². The van der Waals surface area contributed by atoms with E-state index in [0.29, 0.717) is 31.5 Å². The Hall–Kier alpha value is -3.01. The second-order valence-electron chi connectivity index (χ2n) is 15.6. The number of hydrogen-bond donors (Lipinski definition) is 1. The molecular formula is C38H49N5O3S. The number of piperidine rings is 1. The topological polar surface area (TPSA) is 79.7 Å². The van der Waals surface area contributed by atoms with E-state index < -0.39 is 5.41 Å². The Labute approximate surface area is 282 Å². The van der Waals surface area contributed by atoms with Crippen LogP contribution in [-0.2, 0) is 15.0 Å². The highest BCUT2D eigenvalue weighted by Gasteiger charge is 2.76. The van der Waals surface area contributed by atoms with Crippen LogP contribution in [0, 0.1) is 19.8 Å². The highest BCUT2D eigenvalue weighted by Crippen LogP contribution is 2.67. The predicted molar refractivity (Wildman–Crippen MR) is 187 cm³/mol. The molecule has 1 aromatic carbocycles. The lowest BCUT2D eigenvalue weighted by Crippen LogP contribution is -2.50. The highest BCUT2D eigenvalue weighted by atomic mass is 32.1. The molecule has 8 nitrogen and oxygen atoms in total. The monoisotopic (exact) mass is 655 g/mol. The van der Waals surface area contributed by atoms with Gasteiger partial charge in [-0.1, -0.05) is 17.2 Å². The first-order valence-electron chi connectivity index (χ1n) is 17.9. The fourth-order valence-corrected chi connectivity index (χ4v) is 10.6. The maximum atomic E-state index is 14.2. The number of carbonyl (C=O) groups is 3. The molecule has 3 saturated heterocycles. The predicted octanol–water partition coefficient (Wildman–Crippen LogP) is 5.76. The zero-order valence-electron chi connectivity index (χ0n) is 28.5. The van der Waals surface area contributed by atoms with Gasteiger partial charge < -0.3 is 19.7 Å². The van der Waals surface area contributed by atoms with Gasteiger partial charge in [0.05, 0.1) is 34.8 Å². The molecule has 5 heterocycles. The fourth-order valence-electron chi connectivity index (χ4n) is 9.41. The Morgan fingerprint density at radius 3 is 2.28 bits per heavy atom. The van der Waals surface area contributed by atoms with E-state index in [2.05, 4.69) is 71.6 Å². The van der Waals surface area contributed by atoms with Gasteiger partial charge in [-0.3, -0.25) is 19.3 Å². The van der Waals surface area contributed by atoms with Gasteiger partial charge in [0.1, 0.15) is 4.83 Å². The summed E-state index contributed by atoms with van der Waals surface area (Å²) in [6.07, 6.45) is 7.54. The van der Waals surface area contributed by atoms with Crippen LogP contribution in [0.25, 0.3) is 21.5 Å². The number of ketones is 1. The van der Waals surface area contributed by atoms with Crippen molar-refractivity contribution in [3.05, 3.63) is 45.8 Å². The van der Waals surface area contributed by atoms with Crippen LogP contribution in [0.2, 0.25) is 0 Å². The third-order valence-corrected chi connectivity index (χ3v) is 13.6. The molecule has 5 fully saturated rings. The minimum Gasteiger partial charge on any atom is -0.346 e. The molecule has 47 heavy (non-hydrogen) atoms. The van der Waals surface area contributed by atoms with Gasteiger partial charge in [-0.05, 0) is 95.9 Å². The number of H-pyrrole nitrogens is 1. The van der Waals surface area contributed by atoms with E-state index in [0.717, 1.165) is 90.4 Å². The quantitative estimate of drug-likeness (QED) is 0.235. The summed E-state index contributed by atoms with van der Waals surface area (Å²) >= 11 is 1.64. The zero-order valence-corrected chi connectivity index (χ0v) is 29.3. The van der Waals surface area contributed by atoms with Crippen molar-refractivity contribution in [3.63, 3.8) is 0 Å². The number of hydrogen-bond acceptors (Lipinski definition) is 6. The summed E-state index contributed by atoms with van der Waals surface area (Å²) in [4.78, 5) is 55.5. The molecule has 0 radical (unpaired) electrons. The van der Waals surface area contributed by atoms with Crippen molar-refractivity contribution in [1.29, 1.82) is 0 Å². The maximum absolute atomic E-state index is 14.2. The second kappa shape index (κ2) is 11.6. The van der Waals surface area contributed by atoms with Crippen molar-refractivity contribution in [1.82, 2.24) is 24.6 Å². The zero-order chi connectivity index (χ0) is 32.7. The highest BCUT2D eigenvalue weighted by molar-refractivity contribution is 7.19. The van der Waals surface area contributed by atoms with Crippen LogP contribution in [0.5, 0.6) is 0 Å². The van der Waals surface area contributed by atoms with Gasteiger partial charge in [-0.15, -0.1) is 11.3 Å². The lowest BCUT2D eigenvalue weighted by Gasteiger charge is -2.37. The normalized spacial score (nSPS) is 26.0. The molecule has 3 atom stereocenters. The number of benzene rings is 1. The van der Waals surface area contributed by atoms with Crippen molar-refractivity contribution in [2.45, 2.75) is 89.6 Å².